The molecule has 1 spiro atoms. The van der Waals surface area contributed by atoms with Crippen molar-refractivity contribution < 1.29 is 18.7 Å². The van der Waals surface area contributed by atoms with E-state index in [0.29, 0.717) is 36.9 Å². The number of benzene rings is 1. The molecule has 4 atom stereocenters. The summed E-state index contributed by atoms with van der Waals surface area (Å²) in [5, 5.41) is 0. The first-order valence-corrected chi connectivity index (χ1v) is 10.8. The fraction of sp³-hybridized carbons (Fsp3) is 0.565. The summed E-state index contributed by atoms with van der Waals surface area (Å²) < 4.78 is 19.8. The van der Waals surface area contributed by atoms with Gasteiger partial charge in [-0.15, -0.1) is 0 Å². The summed E-state index contributed by atoms with van der Waals surface area (Å²) in [5.41, 5.74) is 0.621. The van der Waals surface area contributed by atoms with Gasteiger partial charge in [0, 0.05) is 37.9 Å². The van der Waals surface area contributed by atoms with Gasteiger partial charge in [-0.25, -0.2) is 4.39 Å². The van der Waals surface area contributed by atoms with E-state index in [2.05, 4.69) is 18.7 Å². The standard InChI is InChI=1S/C23H28FN3O3/c1-14(2)25-8-10-26(11-9-25)21(28)19-18-6-7-23(30-18)13-27(22(29)20(19)23)17-5-4-16(24)12-15(17)3/h4-7,12,14,18-20H,8-11,13H2,1-3H3/t18-,19-,20+,23-/m0/s1. The maximum absolute atomic E-state index is 13.6. The second kappa shape index (κ2) is 6.89. The number of rotatable bonds is 3. The molecule has 5 rings (SSSR count). The molecule has 0 N–H and O–H groups in total. The zero-order valence-electron chi connectivity index (χ0n) is 17.7. The fourth-order valence-corrected chi connectivity index (χ4v) is 5.58. The minimum absolute atomic E-state index is 0.0191. The van der Waals surface area contributed by atoms with Crippen LogP contribution in [0.4, 0.5) is 10.1 Å². The summed E-state index contributed by atoms with van der Waals surface area (Å²) >= 11 is 0. The molecule has 30 heavy (non-hydrogen) atoms. The van der Waals surface area contributed by atoms with Crippen LogP contribution in [0.1, 0.15) is 19.4 Å². The van der Waals surface area contributed by atoms with Gasteiger partial charge < -0.3 is 14.5 Å². The summed E-state index contributed by atoms with van der Waals surface area (Å²) in [6.07, 6.45) is 3.56. The Morgan fingerprint density at radius 2 is 1.97 bits per heavy atom. The first-order chi connectivity index (χ1) is 14.3. The Kier molecular flexibility index (Phi) is 4.52. The number of anilines is 1. The number of aryl methyl sites for hydroxylation is 1. The Hall–Kier alpha value is -2.25. The zero-order chi connectivity index (χ0) is 21.2. The third-order valence-electron chi connectivity index (χ3n) is 7.19. The van der Waals surface area contributed by atoms with Crippen LogP contribution in [0.5, 0.6) is 0 Å². The largest absolute Gasteiger partial charge is 0.360 e. The molecule has 4 aliphatic heterocycles. The zero-order valence-corrected chi connectivity index (χ0v) is 17.7. The van der Waals surface area contributed by atoms with Gasteiger partial charge in [0.1, 0.15) is 11.4 Å². The average molecular weight is 413 g/mol. The Bertz CT molecular complexity index is 924. The number of amides is 2. The second-order valence-electron chi connectivity index (χ2n) is 9.21. The van der Waals surface area contributed by atoms with Crippen molar-refractivity contribution in [2.75, 3.05) is 37.6 Å². The van der Waals surface area contributed by atoms with Crippen LogP contribution in [-0.4, -0.2) is 72.1 Å². The molecule has 0 saturated carbocycles. The maximum atomic E-state index is 13.6. The lowest BCUT2D eigenvalue weighted by Crippen LogP contribution is -2.54. The summed E-state index contributed by atoms with van der Waals surface area (Å²) in [7, 11) is 0. The van der Waals surface area contributed by atoms with Crippen LogP contribution in [0.3, 0.4) is 0 Å². The van der Waals surface area contributed by atoms with E-state index >= 15 is 0 Å². The second-order valence-corrected chi connectivity index (χ2v) is 9.21. The highest BCUT2D eigenvalue weighted by Gasteiger charge is 2.67. The molecule has 7 heteroatoms. The number of carbonyl (C=O) groups is 2. The molecule has 4 aliphatic rings. The number of fused-ring (bicyclic) bond motifs is 1. The topological polar surface area (TPSA) is 53.1 Å². The first kappa shape index (κ1) is 19.7. The van der Waals surface area contributed by atoms with Gasteiger partial charge in [0.25, 0.3) is 0 Å². The van der Waals surface area contributed by atoms with Crippen LogP contribution >= 0.6 is 0 Å². The highest BCUT2D eigenvalue weighted by Crippen LogP contribution is 2.53. The van der Waals surface area contributed by atoms with Crippen molar-refractivity contribution in [3.05, 3.63) is 41.7 Å². The fourth-order valence-electron chi connectivity index (χ4n) is 5.58. The Labute approximate surface area is 176 Å². The summed E-state index contributed by atoms with van der Waals surface area (Å²) in [6.45, 7) is 9.54. The van der Waals surface area contributed by atoms with E-state index in [1.807, 2.05) is 17.1 Å². The third kappa shape index (κ3) is 2.82. The molecule has 0 aliphatic carbocycles. The van der Waals surface area contributed by atoms with Crippen LogP contribution in [-0.2, 0) is 14.3 Å². The molecule has 6 nitrogen and oxygen atoms in total. The van der Waals surface area contributed by atoms with Gasteiger partial charge in [0.15, 0.2) is 0 Å². The number of hydrogen-bond donors (Lipinski definition) is 0. The van der Waals surface area contributed by atoms with Gasteiger partial charge in [0.2, 0.25) is 11.8 Å². The molecule has 0 radical (unpaired) electrons. The molecule has 4 heterocycles. The van der Waals surface area contributed by atoms with Crippen molar-refractivity contribution in [2.24, 2.45) is 11.8 Å². The number of hydrogen-bond acceptors (Lipinski definition) is 4. The minimum Gasteiger partial charge on any atom is -0.360 e. The van der Waals surface area contributed by atoms with E-state index in [1.54, 1.807) is 17.9 Å². The number of carbonyl (C=O) groups excluding carboxylic acids is 2. The van der Waals surface area contributed by atoms with Crippen LogP contribution in [0.15, 0.2) is 30.4 Å². The van der Waals surface area contributed by atoms with Gasteiger partial charge >= 0.3 is 0 Å². The van der Waals surface area contributed by atoms with Crippen molar-refractivity contribution in [1.29, 1.82) is 0 Å². The normalized spacial score (nSPS) is 33.1. The van der Waals surface area contributed by atoms with Gasteiger partial charge in [-0.1, -0.05) is 12.2 Å². The molecule has 0 unspecified atom stereocenters. The predicted octanol–water partition coefficient (Wildman–Crippen LogP) is 1.97. The summed E-state index contributed by atoms with van der Waals surface area (Å²) in [4.78, 5) is 32.9. The van der Waals surface area contributed by atoms with Gasteiger partial charge in [-0.05, 0) is 44.5 Å². The first-order valence-electron chi connectivity index (χ1n) is 10.8. The SMILES string of the molecule is Cc1cc(F)ccc1N1C[C@]23C=C[C@H](O2)[C@H](C(=O)N2CCN(C(C)C)CC2)[C@@H]3C1=O. The van der Waals surface area contributed by atoms with E-state index < -0.39 is 17.4 Å². The van der Waals surface area contributed by atoms with Crippen molar-refractivity contribution in [2.45, 2.75) is 38.5 Å². The van der Waals surface area contributed by atoms with Crippen molar-refractivity contribution in [1.82, 2.24) is 9.80 Å². The Morgan fingerprint density at radius 1 is 1.23 bits per heavy atom. The quantitative estimate of drug-likeness (QED) is 0.711. The lowest BCUT2D eigenvalue weighted by Gasteiger charge is -2.39. The third-order valence-corrected chi connectivity index (χ3v) is 7.19. The van der Waals surface area contributed by atoms with E-state index in [4.69, 9.17) is 4.74 Å². The van der Waals surface area contributed by atoms with E-state index in [1.165, 1.54) is 12.1 Å². The molecule has 2 amide bonds. The van der Waals surface area contributed by atoms with Crippen molar-refractivity contribution >= 4 is 17.5 Å². The number of ether oxygens (including phenoxy) is 1. The van der Waals surface area contributed by atoms with Crippen molar-refractivity contribution in [3.63, 3.8) is 0 Å². The van der Waals surface area contributed by atoms with Gasteiger partial charge in [-0.2, -0.15) is 0 Å². The molecular weight excluding hydrogens is 385 g/mol. The highest BCUT2D eigenvalue weighted by molar-refractivity contribution is 6.03. The number of nitrogens with zero attached hydrogens (tertiary/aromatic N) is 3. The van der Waals surface area contributed by atoms with Crippen LogP contribution in [0.2, 0.25) is 0 Å². The highest BCUT2D eigenvalue weighted by atomic mass is 19.1. The van der Waals surface area contributed by atoms with Gasteiger partial charge in [-0.3, -0.25) is 14.5 Å². The summed E-state index contributed by atoms with van der Waals surface area (Å²) in [6, 6.07) is 4.90. The smallest absolute Gasteiger partial charge is 0.234 e. The molecule has 1 aromatic carbocycles. The number of halogens is 1. The molecule has 0 aromatic heterocycles. The lowest BCUT2D eigenvalue weighted by atomic mass is 9.76. The van der Waals surface area contributed by atoms with E-state index in [0.717, 1.165) is 13.1 Å². The molecule has 3 saturated heterocycles. The Morgan fingerprint density at radius 3 is 2.63 bits per heavy atom. The molecule has 1 aromatic rings. The Balaban J connectivity index is 1.40. The average Bonchev–Trinajstić information content (AvgIpc) is 3.36. The summed E-state index contributed by atoms with van der Waals surface area (Å²) in [5.74, 6) is -1.42. The predicted molar refractivity (Wildman–Crippen MR) is 111 cm³/mol. The minimum atomic E-state index is -0.761. The molecule has 160 valence electrons. The lowest BCUT2D eigenvalue weighted by molar-refractivity contribution is -0.142. The molecular formula is C23H28FN3O3. The maximum Gasteiger partial charge on any atom is 0.234 e. The number of piperazine rings is 1. The monoisotopic (exact) mass is 413 g/mol. The van der Waals surface area contributed by atoms with Crippen LogP contribution < -0.4 is 4.90 Å². The van der Waals surface area contributed by atoms with Gasteiger partial charge in [0.05, 0.1) is 24.5 Å². The van der Waals surface area contributed by atoms with E-state index in [9.17, 15) is 14.0 Å². The van der Waals surface area contributed by atoms with Crippen molar-refractivity contribution in [3.8, 4) is 0 Å². The van der Waals surface area contributed by atoms with Crippen LogP contribution in [0, 0.1) is 24.6 Å². The van der Waals surface area contributed by atoms with E-state index in [-0.39, 0.29) is 23.7 Å². The molecule has 2 bridgehead atoms. The van der Waals surface area contributed by atoms with Crippen LogP contribution in [0.25, 0.3) is 0 Å². The molecule has 3 fully saturated rings.